The van der Waals surface area contributed by atoms with Gasteiger partial charge < -0.3 is 0 Å². The van der Waals surface area contributed by atoms with Gasteiger partial charge in [0.05, 0.1) is 19.3 Å². The van der Waals surface area contributed by atoms with Crippen LogP contribution in [0, 0.1) is 0 Å². The van der Waals surface area contributed by atoms with E-state index in [1.54, 1.807) is 0 Å². The maximum Gasteiger partial charge on any atom is 0.475 e. The fraction of sp³-hybridized carbons (Fsp3) is 1.00. The Labute approximate surface area is 145 Å². The molecular weight excluding hydrogens is 490 g/mol. The highest BCUT2D eigenvalue weighted by atomic mass is 80.0. The Bertz CT molecular complexity index is 276. The molecule has 1 atom stereocenters. The van der Waals surface area contributed by atoms with Gasteiger partial charge in [-0.1, -0.05) is 61.6 Å². The van der Waals surface area contributed by atoms with Crippen LogP contribution >= 0.6 is 67.2 Å². The molecule has 0 aliphatic carbocycles. The lowest BCUT2D eigenvalue weighted by molar-refractivity contribution is 0.0839. The van der Waals surface area contributed by atoms with Crippen molar-refractivity contribution in [2.75, 3.05) is 19.1 Å². The van der Waals surface area contributed by atoms with Crippen molar-refractivity contribution >= 4 is 67.2 Å². The van der Waals surface area contributed by atoms with E-state index in [0.717, 1.165) is 12.8 Å². The van der Waals surface area contributed by atoms with Gasteiger partial charge >= 0.3 is 7.82 Å². The molecular formula is C10H19Br3ClO4P. The van der Waals surface area contributed by atoms with Gasteiger partial charge in [-0.15, -0.1) is 11.6 Å². The maximum absolute atomic E-state index is 12.4. The molecule has 0 radical (unpaired) electrons. The molecule has 0 spiro atoms. The Hall–Kier alpha value is 1.84. The molecule has 0 heterocycles. The number of phosphoric acid groups is 1. The van der Waals surface area contributed by atoms with Gasteiger partial charge in [-0.25, -0.2) is 4.57 Å². The molecule has 9 heteroatoms. The summed E-state index contributed by atoms with van der Waals surface area (Å²) in [4.78, 5) is 0. The average molecular weight is 509 g/mol. The van der Waals surface area contributed by atoms with Gasteiger partial charge in [0, 0.05) is 12.3 Å². The van der Waals surface area contributed by atoms with Crippen molar-refractivity contribution in [2.24, 2.45) is 0 Å². The minimum Gasteiger partial charge on any atom is -0.287 e. The van der Waals surface area contributed by atoms with Gasteiger partial charge in [0.25, 0.3) is 0 Å². The number of phosphoric ester groups is 1. The van der Waals surface area contributed by atoms with Crippen molar-refractivity contribution in [1.82, 2.24) is 0 Å². The SMILES string of the molecule is CCCOP(=O)(OCCC)OC(CCl)CC(Br)(Br)Br. The van der Waals surface area contributed by atoms with E-state index in [9.17, 15) is 4.57 Å². The summed E-state index contributed by atoms with van der Waals surface area (Å²) in [5.41, 5.74) is 0. The largest absolute Gasteiger partial charge is 0.475 e. The van der Waals surface area contributed by atoms with Crippen molar-refractivity contribution in [2.45, 2.75) is 41.4 Å². The molecule has 0 bridgehead atoms. The minimum atomic E-state index is -3.56. The number of hydrogen-bond donors (Lipinski definition) is 0. The summed E-state index contributed by atoms with van der Waals surface area (Å²) in [6.45, 7) is 4.48. The molecule has 0 aromatic carbocycles. The van der Waals surface area contributed by atoms with Crippen LogP contribution < -0.4 is 0 Å². The van der Waals surface area contributed by atoms with Crippen LogP contribution in [0.2, 0.25) is 0 Å². The van der Waals surface area contributed by atoms with Crippen molar-refractivity contribution < 1.29 is 18.1 Å². The molecule has 0 saturated heterocycles. The first kappa shape index (κ1) is 20.8. The number of halogens is 4. The molecule has 0 fully saturated rings. The Kier molecular flexibility index (Phi) is 11.6. The van der Waals surface area contributed by atoms with Crippen molar-refractivity contribution in [3.05, 3.63) is 0 Å². The van der Waals surface area contributed by atoms with E-state index in [4.69, 9.17) is 25.2 Å². The minimum absolute atomic E-state index is 0.180. The Morgan fingerprint density at radius 2 is 1.63 bits per heavy atom. The molecule has 4 nitrogen and oxygen atoms in total. The topological polar surface area (TPSA) is 44.8 Å². The lowest BCUT2D eigenvalue weighted by Crippen LogP contribution is -2.21. The van der Waals surface area contributed by atoms with Crippen LogP contribution in [0.15, 0.2) is 0 Å². The number of rotatable bonds is 10. The van der Waals surface area contributed by atoms with Crippen molar-refractivity contribution in [1.29, 1.82) is 0 Å². The van der Waals surface area contributed by atoms with E-state index in [2.05, 4.69) is 47.8 Å². The fourth-order valence-electron chi connectivity index (χ4n) is 1.07. The lowest BCUT2D eigenvalue weighted by Gasteiger charge is -2.25. The highest BCUT2D eigenvalue weighted by molar-refractivity contribution is 9.39. The third-order valence-corrected chi connectivity index (χ3v) is 4.69. The third kappa shape index (κ3) is 11.1. The summed E-state index contributed by atoms with van der Waals surface area (Å²) in [7, 11) is -3.56. The monoisotopic (exact) mass is 506 g/mol. The summed E-state index contributed by atoms with van der Waals surface area (Å²) in [5.74, 6) is 0.180. The summed E-state index contributed by atoms with van der Waals surface area (Å²) in [5, 5.41) is 0. The van der Waals surface area contributed by atoms with Crippen LogP contribution in [0.1, 0.15) is 33.1 Å². The first-order chi connectivity index (χ1) is 8.76. The second-order valence-electron chi connectivity index (χ2n) is 3.81. The zero-order valence-corrected chi connectivity index (χ0v) is 17.3. The Morgan fingerprint density at radius 3 is 1.95 bits per heavy atom. The first-order valence-electron chi connectivity index (χ1n) is 5.96. The molecule has 0 rings (SSSR count). The van der Waals surface area contributed by atoms with Gasteiger partial charge in [-0.05, 0) is 12.8 Å². The zero-order valence-electron chi connectivity index (χ0n) is 10.9. The molecule has 0 N–H and O–H groups in total. The standard InChI is InChI=1S/C10H19Br3ClO4P/c1-3-5-16-19(15,17-6-4-2)18-9(8-14)7-10(11,12)13/h9H,3-8H2,1-2H3. The van der Waals surface area contributed by atoms with Crippen molar-refractivity contribution in [3.63, 3.8) is 0 Å². The molecule has 0 aliphatic heterocycles. The van der Waals surface area contributed by atoms with E-state index in [0.29, 0.717) is 19.6 Å². The summed E-state index contributed by atoms with van der Waals surface area (Å²) < 4.78 is 27.8. The molecule has 116 valence electrons. The predicted octanol–water partition coefficient (Wildman–Crippen LogP) is 5.80. The fourth-order valence-corrected chi connectivity index (χ4v) is 3.93. The summed E-state index contributed by atoms with van der Waals surface area (Å²) in [6.07, 6.45) is 1.44. The highest BCUT2D eigenvalue weighted by Crippen LogP contribution is 2.52. The van der Waals surface area contributed by atoms with Gasteiger partial charge in [-0.2, -0.15) is 0 Å². The molecule has 1 unspecified atom stereocenters. The van der Waals surface area contributed by atoms with E-state index >= 15 is 0 Å². The number of hydrogen-bond acceptors (Lipinski definition) is 4. The van der Waals surface area contributed by atoms with Crippen LogP contribution in [0.3, 0.4) is 0 Å². The van der Waals surface area contributed by atoms with E-state index in [-0.39, 0.29) is 5.88 Å². The Morgan fingerprint density at radius 1 is 1.16 bits per heavy atom. The smallest absolute Gasteiger partial charge is 0.287 e. The first-order valence-corrected chi connectivity index (χ1v) is 10.3. The average Bonchev–Trinajstić information content (AvgIpc) is 2.31. The van der Waals surface area contributed by atoms with Gasteiger partial charge in [-0.3, -0.25) is 13.6 Å². The third-order valence-electron chi connectivity index (χ3n) is 1.82. The molecule has 0 amide bonds. The van der Waals surface area contributed by atoms with Crippen LogP contribution in [-0.4, -0.2) is 27.3 Å². The Balaban J connectivity index is 4.61. The van der Waals surface area contributed by atoms with Gasteiger partial charge in [0.1, 0.15) is 2.14 Å². The van der Waals surface area contributed by atoms with E-state index < -0.39 is 16.1 Å². The van der Waals surface area contributed by atoms with Crippen molar-refractivity contribution in [3.8, 4) is 0 Å². The quantitative estimate of drug-likeness (QED) is 0.276. The predicted molar refractivity (Wildman–Crippen MR) is 89.8 cm³/mol. The highest BCUT2D eigenvalue weighted by Gasteiger charge is 2.33. The molecule has 19 heavy (non-hydrogen) atoms. The lowest BCUT2D eigenvalue weighted by atomic mass is 10.3. The molecule has 0 aromatic heterocycles. The number of alkyl halides is 4. The van der Waals surface area contributed by atoms with Crippen LogP contribution in [0.4, 0.5) is 0 Å². The van der Waals surface area contributed by atoms with E-state index in [1.165, 1.54) is 0 Å². The van der Waals surface area contributed by atoms with Gasteiger partial charge in [0.15, 0.2) is 0 Å². The van der Waals surface area contributed by atoms with Crippen LogP contribution in [0.5, 0.6) is 0 Å². The maximum atomic E-state index is 12.4. The second kappa shape index (κ2) is 10.5. The molecule has 0 saturated carbocycles. The van der Waals surface area contributed by atoms with E-state index in [1.807, 2.05) is 13.8 Å². The second-order valence-corrected chi connectivity index (χ2v) is 13.0. The molecule has 0 aliphatic rings. The van der Waals surface area contributed by atoms with Crippen LogP contribution in [0.25, 0.3) is 0 Å². The summed E-state index contributed by atoms with van der Waals surface area (Å²) >= 11 is 15.9. The normalized spacial score (nSPS) is 14.6. The zero-order chi connectivity index (χ0) is 14.9. The summed E-state index contributed by atoms with van der Waals surface area (Å²) in [6, 6.07) is 0. The van der Waals surface area contributed by atoms with Crippen LogP contribution in [-0.2, 0) is 18.1 Å². The molecule has 0 aromatic rings. The van der Waals surface area contributed by atoms with Gasteiger partial charge in [0.2, 0.25) is 0 Å².